The first-order chi connectivity index (χ1) is 8.24. The summed E-state index contributed by atoms with van der Waals surface area (Å²) in [5.74, 6) is 0.921. The lowest BCUT2D eigenvalue weighted by Crippen LogP contribution is -2.36. The highest BCUT2D eigenvalue weighted by atomic mass is 16.5. The molecule has 0 spiro atoms. The highest BCUT2D eigenvalue weighted by Crippen LogP contribution is 2.45. The largest absolute Gasteiger partial charge is 0.497 e. The summed E-state index contributed by atoms with van der Waals surface area (Å²) >= 11 is 0. The first-order valence-electron chi connectivity index (χ1n) is 5.97. The molecule has 0 aliphatic heterocycles. The maximum Gasteiger partial charge on any atom is 0.118 e. The number of ether oxygens (including phenoxy) is 1. The average Bonchev–Trinajstić information content (AvgIpc) is 2.37. The van der Waals surface area contributed by atoms with Crippen LogP contribution in [0, 0.1) is 0 Å². The molecular formula is C16H16O. The van der Waals surface area contributed by atoms with Crippen molar-refractivity contribution in [3.63, 3.8) is 0 Å². The van der Waals surface area contributed by atoms with Crippen LogP contribution in [0.15, 0.2) is 48.5 Å². The van der Waals surface area contributed by atoms with Crippen molar-refractivity contribution >= 4 is 0 Å². The van der Waals surface area contributed by atoms with Crippen molar-refractivity contribution in [3.8, 4) is 5.75 Å². The normalized spacial score (nSPS) is 21.5. The standard InChI is InChI=1S/C16H16O/c1-16(11-12-5-3-4-6-15(12)16)13-7-9-14(17-2)10-8-13/h3-10H,11H2,1-2H3. The SMILES string of the molecule is COc1ccc(C2(C)Cc3ccccc32)cc1. The first kappa shape index (κ1) is 10.4. The summed E-state index contributed by atoms with van der Waals surface area (Å²) < 4.78 is 5.20. The average molecular weight is 224 g/mol. The van der Waals surface area contributed by atoms with E-state index in [0.29, 0.717) is 0 Å². The van der Waals surface area contributed by atoms with Gasteiger partial charge in [-0.2, -0.15) is 0 Å². The fourth-order valence-corrected chi connectivity index (χ4v) is 2.80. The first-order valence-corrected chi connectivity index (χ1v) is 5.97. The summed E-state index contributed by atoms with van der Waals surface area (Å²) in [5.41, 5.74) is 4.50. The molecule has 0 aromatic heterocycles. The third-order valence-electron chi connectivity index (χ3n) is 3.88. The fourth-order valence-electron chi connectivity index (χ4n) is 2.80. The lowest BCUT2D eigenvalue weighted by Gasteiger charge is -2.41. The highest BCUT2D eigenvalue weighted by molar-refractivity contribution is 5.52. The fraction of sp³-hybridized carbons (Fsp3) is 0.250. The van der Waals surface area contributed by atoms with E-state index in [2.05, 4.69) is 43.3 Å². The summed E-state index contributed by atoms with van der Waals surface area (Å²) in [7, 11) is 1.70. The quantitative estimate of drug-likeness (QED) is 0.758. The number of fused-ring (bicyclic) bond motifs is 1. The van der Waals surface area contributed by atoms with Gasteiger partial charge in [0.1, 0.15) is 5.75 Å². The van der Waals surface area contributed by atoms with Crippen molar-refractivity contribution in [3.05, 3.63) is 65.2 Å². The molecule has 1 aliphatic carbocycles. The van der Waals surface area contributed by atoms with Gasteiger partial charge < -0.3 is 4.74 Å². The third-order valence-corrected chi connectivity index (χ3v) is 3.88. The molecule has 1 atom stereocenters. The highest BCUT2D eigenvalue weighted by Gasteiger charge is 2.39. The van der Waals surface area contributed by atoms with Gasteiger partial charge in [-0.05, 0) is 35.2 Å². The van der Waals surface area contributed by atoms with Gasteiger partial charge in [-0.1, -0.05) is 43.3 Å². The molecule has 0 amide bonds. The zero-order chi connectivity index (χ0) is 11.9. The van der Waals surface area contributed by atoms with Crippen LogP contribution < -0.4 is 4.74 Å². The molecule has 0 fully saturated rings. The minimum absolute atomic E-state index is 0.183. The maximum atomic E-state index is 5.20. The maximum absolute atomic E-state index is 5.20. The van der Waals surface area contributed by atoms with Crippen LogP contribution >= 0.6 is 0 Å². The Kier molecular flexibility index (Phi) is 2.22. The van der Waals surface area contributed by atoms with Crippen LogP contribution in [-0.4, -0.2) is 7.11 Å². The smallest absolute Gasteiger partial charge is 0.118 e. The summed E-state index contributed by atoms with van der Waals surface area (Å²) in [5, 5.41) is 0. The summed E-state index contributed by atoms with van der Waals surface area (Å²) in [6, 6.07) is 17.1. The summed E-state index contributed by atoms with van der Waals surface area (Å²) in [6.07, 6.45) is 1.13. The van der Waals surface area contributed by atoms with Crippen molar-refractivity contribution in [1.82, 2.24) is 0 Å². The van der Waals surface area contributed by atoms with Gasteiger partial charge in [0.2, 0.25) is 0 Å². The molecule has 0 N–H and O–H groups in total. The van der Waals surface area contributed by atoms with Crippen LogP contribution in [0.5, 0.6) is 5.75 Å². The summed E-state index contributed by atoms with van der Waals surface area (Å²) in [4.78, 5) is 0. The molecule has 3 rings (SSSR count). The Balaban J connectivity index is 2.00. The third kappa shape index (κ3) is 1.46. The predicted octanol–water partition coefficient (Wildman–Crippen LogP) is 3.56. The molecule has 1 heteroatoms. The van der Waals surface area contributed by atoms with Crippen molar-refractivity contribution in [1.29, 1.82) is 0 Å². The van der Waals surface area contributed by atoms with Gasteiger partial charge in [0.05, 0.1) is 7.11 Å². The van der Waals surface area contributed by atoms with Crippen molar-refractivity contribution in [2.45, 2.75) is 18.8 Å². The van der Waals surface area contributed by atoms with Crippen LogP contribution in [-0.2, 0) is 11.8 Å². The molecule has 86 valence electrons. The Hall–Kier alpha value is -1.76. The molecule has 2 aromatic rings. The Morgan fingerprint density at radius 3 is 2.35 bits per heavy atom. The monoisotopic (exact) mass is 224 g/mol. The van der Waals surface area contributed by atoms with Gasteiger partial charge in [0.15, 0.2) is 0 Å². The lowest BCUT2D eigenvalue weighted by molar-refractivity contribution is 0.413. The van der Waals surface area contributed by atoms with E-state index in [0.717, 1.165) is 12.2 Å². The molecule has 17 heavy (non-hydrogen) atoms. The Labute approximate surface area is 102 Å². The van der Waals surface area contributed by atoms with Gasteiger partial charge in [-0.15, -0.1) is 0 Å². The van der Waals surface area contributed by atoms with E-state index >= 15 is 0 Å². The molecule has 1 unspecified atom stereocenters. The zero-order valence-corrected chi connectivity index (χ0v) is 10.2. The Morgan fingerprint density at radius 2 is 1.71 bits per heavy atom. The number of rotatable bonds is 2. The summed E-state index contributed by atoms with van der Waals surface area (Å²) in [6.45, 7) is 2.32. The number of methoxy groups -OCH3 is 1. The molecule has 0 bridgehead atoms. The van der Waals surface area contributed by atoms with Gasteiger partial charge in [0, 0.05) is 5.41 Å². The van der Waals surface area contributed by atoms with E-state index in [4.69, 9.17) is 4.74 Å². The van der Waals surface area contributed by atoms with Crippen molar-refractivity contribution in [2.24, 2.45) is 0 Å². The van der Waals surface area contributed by atoms with E-state index in [9.17, 15) is 0 Å². The van der Waals surface area contributed by atoms with Gasteiger partial charge >= 0.3 is 0 Å². The van der Waals surface area contributed by atoms with Crippen LogP contribution in [0.4, 0.5) is 0 Å². The molecule has 2 aromatic carbocycles. The van der Waals surface area contributed by atoms with Crippen LogP contribution in [0.2, 0.25) is 0 Å². The van der Waals surface area contributed by atoms with E-state index in [1.807, 2.05) is 12.1 Å². The van der Waals surface area contributed by atoms with Crippen LogP contribution in [0.25, 0.3) is 0 Å². The number of hydrogen-bond donors (Lipinski definition) is 0. The minimum Gasteiger partial charge on any atom is -0.497 e. The molecular weight excluding hydrogens is 208 g/mol. The second kappa shape index (κ2) is 3.63. The van der Waals surface area contributed by atoms with Crippen LogP contribution in [0.3, 0.4) is 0 Å². The van der Waals surface area contributed by atoms with Gasteiger partial charge in [0.25, 0.3) is 0 Å². The lowest BCUT2D eigenvalue weighted by atomic mass is 9.62. The molecule has 0 radical (unpaired) electrons. The van der Waals surface area contributed by atoms with Gasteiger partial charge in [-0.3, -0.25) is 0 Å². The predicted molar refractivity (Wildman–Crippen MR) is 69.6 cm³/mol. The van der Waals surface area contributed by atoms with E-state index in [-0.39, 0.29) is 5.41 Å². The van der Waals surface area contributed by atoms with Crippen molar-refractivity contribution < 1.29 is 4.74 Å². The van der Waals surface area contributed by atoms with E-state index < -0.39 is 0 Å². The molecule has 1 aliphatic rings. The second-order valence-corrected chi connectivity index (χ2v) is 4.89. The van der Waals surface area contributed by atoms with Gasteiger partial charge in [-0.25, -0.2) is 0 Å². The molecule has 0 heterocycles. The van der Waals surface area contributed by atoms with Crippen molar-refractivity contribution in [2.75, 3.05) is 7.11 Å². The van der Waals surface area contributed by atoms with E-state index in [1.165, 1.54) is 16.7 Å². The number of hydrogen-bond acceptors (Lipinski definition) is 1. The van der Waals surface area contributed by atoms with Crippen LogP contribution in [0.1, 0.15) is 23.6 Å². The zero-order valence-electron chi connectivity index (χ0n) is 10.2. The molecule has 0 saturated heterocycles. The Morgan fingerprint density at radius 1 is 1.00 bits per heavy atom. The topological polar surface area (TPSA) is 9.23 Å². The van der Waals surface area contributed by atoms with E-state index in [1.54, 1.807) is 7.11 Å². The second-order valence-electron chi connectivity index (χ2n) is 4.89. The number of benzene rings is 2. The minimum atomic E-state index is 0.183. The Bertz CT molecular complexity index is 542. The molecule has 1 nitrogen and oxygen atoms in total. The molecule has 0 saturated carbocycles.